The maximum Gasteiger partial charge on any atom is 0.00103 e. The van der Waals surface area contributed by atoms with Gasteiger partial charge >= 0.3 is 0 Å². The van der Waals surface area contributed by atoms with Crippen molar-refractivity contribution in [3.63, 3.8) is 0 Å². The van der Waals surface area contributed by atoms with Crippen LogP contribution in [0.15, 0.2) is 0 Å². The van der Waals surface area contributed by atoms with Gasteiger partial charge in [0.25, 0.3) is 0 Å². The van der Waals surface area contributed by atoms with Crippen LogP contribution in [0.4, 0.5) is 0 Å². The molecule has 0 radical (unpaired) electrons. The second-order valence-corrected chi connectivity index (χ2v) is 5.53. The number of nitrogens with zero attached hydrogens (tertiary/aromatic N) is 1. The molecule has 1 unspecified atom stereocenters. The van der Waals surface area contributed by atoms with Crippen molar-refractivity contribution >= 4 is 0 Å². The third kappa shape index (κ3) is 5.86. The van der Waals surface area contributed by atoms with Gasteiger partial charge in [-0.3, -0.25) is 0 Å². The summed E-state index contributed by atoms with van der Waals surface area (Å²) < 4.78 is 0. The van der Waals surface area contributed by atoms with Gasteiger partial charge in [0.05, 0.1) is 0 Å². The molecule has 0 aliphatic carbocycles. The van der Waals surface area contributed by atoms with Crippen LogP contribution in [-0.4, -0.2) is 37.1 Å². The van der Waals surface area contributed by atoms with Crippen LogP contribution in [-0.2, 0) is 0 Å². The van der Waals surface area contributed by atoms with E-state index in [0.717, 1.165) is 5.92 Å². The Morgan fingerprint density at radius 3 is 2.69 bits per heavy atom. The highest BCUT2D eigenvalue weighted by molar-refractivity contribution is 4.74. The minimum Gasteiger partial charge on any atom is -0.315 e. The lowest BCUT2D eigenvalue weighted by Gasteiger charge is -2.15. The van der Waals surface area contributed by atoms with Crippen molar-refractivity contribution in [3.8, 4) is 0 Å². The summed E-state index contributed by atoms with van der Waals surface area (Å²) in [6.07, 6.45) is 6.91. The molecule has 1 saturated heterocycles. The van der Waals surface area contributed by atoms with Crippen molar-refractivity contribution in [2.75, 3.05) is 26.2 Å². The van der Waals surface area contributed by atoms with E-state index in [1.54, 1.807) is 0 Å². The van der Waals surface area contributed by atoms with Gasteiger partial charge < -0.3 is 10.2 Å². The Morgan fingerprint density at radius 2 is 2.06 bits per heavy atom. The van der Waals surface area contributed by atoms with E-state index in [0.29, 0.717) is 6.04 Å². The molecule has 0 spiro atoms. The Morgan fingerprint density at radius 1 is 1.25 bits per heavy atom. The summed E-state index contributed by atoms with van der Waals surface area (Å²) in [5.74, 6) is 0.989. The fourth-order valence-corrected chi connectivity index (χ4v) is 2.48. The van der Waals surface area contributed by atoms with Gasteiger partial charge in [-0.25, -0.2) is 0 Å². The van der Waals surface area contributed by atoms with E-state index in [9.17, 15) is 0 Å². The molecule has 96 valence electrons. The molecule has 1 heterocycles. The summed E-state index contributed by atoms with van der Waals surface area (Å²) in [7, 11) is 0. The molecule has 1 atom stereocenters. The molecule has 0 aromatic carbocycles. The second kappa shape index (κ2) is 8.08. The average molecular weight is 226 g/mol. The molecule has 1 aliphatic heterocycles. The number of rotatable bonds is 8. The van der Waals surface area contributed by atoms with Crippen molar-refractivity contribution in [3.05, 3.63) is 0 Å². The summed E-state index contributed by atoms with van der Waals surface area (Å²) in [6, 6.07) is 0.642. The Kier molecular flexibility index (Phi) is 7.06. The molecule has 0 aromatic heterocycles. The number of likely N-dealkylation sites (tertiary alicyclic amines) is 1. The first kappa shape index (κ1) is 14.0. The Bertz CT molecular complexity index is 168. The third-order valence-corrected chi connectivity index (χ3v) is 3.65. The minimum absolute atomic E-state index is 0.642. The highest BCUT2D eigenvalue weighted by Crippen LogP contribution is 2.19. The molecule has 16 heavy (non-hydrogen) atoms. The first-order valence-corrected chi connectivity index (χ1v) is 7.18. The van der Waals surface area contributed by atoms with E-state index in [4.69, 9.17) is 0 Å². The summed E-state index contributed by atoms with van der Waals surface area (Å²) in [4.78, 5) is 2.66. The molecule has 1 fully saturated rings. The van der Waals surface area contributed by atoms with Gasteiger partial charge in [0.15, 0.2) is 0 Å². The third-order valence-electron chi connectivity index (χ3n) is 3.65. The normalized spacial score (nSPS) is 22.1. The maximum absolute atomic E-state index is 3.48. The van der Waals surface area contributed by atoms with E-state index in [1.165, 1.54) is 58.3 Å². The Balaban J connectivity index is 1.88. The smallest absolute Gasteiger partial charge is 0.00103 e. The van der Waals surface area contributed by atoms with Crippen LogP contribution in [0.5, 0.6) is 0 Å². The minimum atomic E-state index is 0.642. The molecule has 0 aromatic rings. The SMILES string of the molecule is CCC1CCN(CCCCCNC(C)C)C1. The molecule has 2 nitrogen and oxygen atoms in total. The highest BCUT2D eigenvalue weighted by atomic mass is 15.1. The largest absolute Gasteiger partial charge is 0.315 e. The topological polar surface area (TPSA) is 15.3 Å². The van der Waals surface area contributed by atoms with Crippen LogP contribution in [0.3, 0.4) is 0 Å². The van der Waals surface area contributed by atoms with Gasteiger partial charge in [-0.1, -0.05) is 33.6 Å². The predicted octanol–water partition coefficient (Wildman–Crippen LogP) is 2.89. The van der Waals surface area contributed by atoms with Crippen molar-refractivity contribution in [2.45, 2.75) is 58.9 Å². The van der Waals surface area contributed by atoms with Crippen molar-refractivity contribution < 1.29 is 0 Å². The molecule has 0 saturated carbocycles. The number of unbranched alkanes of at least 4 members (excludes halogenated alkanes) is 2. The van der Waals surface area contributed by atoms with Gasteiger partial charge in [-0.2, -0.15) is 0 Å². The monoisotopic (exact) mass is 226 g/mol. The van der Waals surface area contributed by atoms with Crippen LogP contribution in [0.25, 0.3) is 0 Å². The lowest BCUT2D eigenvalue weighted by atomic mass is 10.1. The van der Waals surface area contributed by atoms with Crippen LogP contribution >= 0.6 is 0 Å². The van der Waals surface area contributed by atoms with Gasteiger partial charge in [-0.05, 0) is 44.8 Å². The van der Waals surface area contributed by atoms with Crippen LogP contribution in [0.1, 0.15) is 52.9 Å². The van der Waals surface area contributed by atoms with Crippen LogP contribution < -0.4 is 5.32 Å². The quantitative estimate of drug-likeness (QED) is 0.640. The molecule has 1 N–H and O–H groups in total. The fraction of sp³-hybridized carbons (Fsp3) is 1.00. The van der Waals surface area contributed by atoms with E-state index in [2.05, 4.69) is 31.0 Å². The van der Waals surface area contributed by atoms with Crippen molar-refractivity contribution in [2.24, 2.45) is 5.92 Å². The Labute approximate surface area is 102 Å². The van der Waals surface area contributed by atoms with Gasteiger partial charge in [0, 0.05) is 12.6 Å². The molecule has 2 heteroatoms. The van der Waals surface area contributed by atoms with E-state index < -0.39 is 0 Å². The van der Waals surface area contributed by atoms with Gasteiger partial charge in [0.2, 0.25) is 0 Å². The van der Waals surface area contributed by atoms with Crippen molar-refractivity contribution in [1.82, 2.24) is 10.2 Å². The second-order valence-electron chi connectivity index (χ2n) is 5.53. The number of nitrogens with one attached hydrogen (secondary N) is 1. The van der Waals surface area contributed by atoms with Gasteiger partial charge in [0.1, 0.15) is 0 Å². The highest BCUT2D eigenvalue weighted by Gasteiger charge is 2.19. The molecular formula is C14H30N2. The van der Waals surface area contributed by atoms with E-state index in [-0.39, 0.29) is 0 Å². The van der Waals surface area contributed by atoms with E-state index >= 15 is 0 Å². The summed E-state index contributed by atoms with van der Waals surface area (Å²) >= 11 is 0. The zero-order chi connectivity index (χ0) is 11.8. The molecule has 1 aliphatic rings. The molecule has 1 rings (SSSR count). The molecule has 0 amide bonds. The zero-order valence-electron chi connectivity index (χ0n) is 11.5. The summed E-state index contributed by atoms with van der Waals surface area (Å²) in [6.45, 7) is 12.0. The standard InChI is InChI=1S/C14H30N2/c1-4-14-8-11-16(12-14)10-7-5-6-9-15-13(2)3/h13-15H,4-12H2,1-3H3. The number of hydrogen-bond acceptors (Lipinski definition) is 2. The van der Waals surface area contributed by atoms with Crippen LogP contribution in [0.2, 0.25) is 0 Å². The maximum atomic E-state index is 3.48. The average Bonchev–Trinajstić information content (AvgIpc) is 2.70. The predicted molar refractivity (Wildman–Crippen MR) is 71.8 cm³/mol. The van der Waals surface area contributed by atoms with Gasteiger partial charge in [-0.15, -0.1) is 0 Å². The van der Waals surface area contributed by atoms with Crippen molar-refractivity contribution in [1.29, 1.82) is 0 Å². The Hall–Kier alpha value is -0.0800. The molecular weight excluding hydrogens is 196 g/mol. The fourth-order valence-electron chi connectivity index (χ4n) is 2.48. The lowest BCUT2D eigenvalue weighted by Crippen LogP contribution is -2.24. The zero-order valence-corrected chi connectivity index (χ0v) is 11.5. The van der Waals surface area contributed by atoms with Crippen LogP contribution in [0, 0.1) is 5.92 Å². The summed E-state index contributed by atoms with van der Waals surface area (Å²) in [5.41, 5.74) is 0. The number of hydrogen-bond donors (Lipinski definition) is 1. The first-order chi connectivity index (χ1) is 7.72. The van der Waals surface area contributed by atoms with E-state index in [1.807, 2.05) is 0 Å². The summed E-state index contributed by atoms with van der Waals surface area (Å²) in [5, 5.41) is 3.48. The first-order valence-electron chi connectivity index (χ1n) is 7.18. The molecule has 0 bridgehead atoms. The lowest BCUT2D eigenvalue weighted by molar-refractivity contribution is 0.313.